The summed E-state index contributed by atoms with van der Waals surface area (Å²) in [6.45, 7) is 4.18. The third kappa shape index (κ3) is 1.42. The number of hydrogen-bond acceptors (Lipinski definition) is 2. The van der Waals surface area contributed by atoms with E-state index in [-0.39, 0.29) is 23.2 Å². The fraction of sp³-hybridized carbons (Fsp3) is 0.500. The zero-order valence-electron chi connectivity index (χ0n) is 9.25. The van der Waals surface area contributed by atoms with E-state index < -0.39 is 0 Å². The standard InChI is InChI=1S/C12H16FNO/c1-12(2)9(11(12)14)7-5-4-6-8(13)10(7)15-3/h4-6,9,11H,14H2,1-3H3/t9-,11-/m0/s1. The van der Waals surface area contributed by atoms with Crippen molar-refractivity contribution in [1.29, 1.82) is 0 Å². The molecule has 1 aromatic rings. The lowest BCUT2D eigenvalue weighted by molar-refractivity contribution is 0.379. The fourth-order valence-corrected chi connectivity index (χ4v) is 2.26. The highest BCUT2D eigenvalue weighted by atomic mass is 19.1. The molecule has 0 radical (unpaired) electrons. The molecule has 0 amide bonds. The molecule has 0 heterocycles. The molecule has 1 aliphatic rings. The zero-order chi connectivity index (χ0) is 11.2. The Morgan fingerprint density at radius 2 is 2.00 bits per heavy atom. The van der Waals surface area contributed by atoms with E-state index in [1.165, 1.54) is 13.2 Å². The van der Waals surface area contributed by atoms with Crippen molar-refractivity contribution in [3.8, 4) is 5.75 Å². The van der Waals surface area contributed by atoms with Crippen LogP contribution in [0.3, 0.4) is 0 Å². The van der Waals surface area contributed by atoms with Crippen molar-refractivity contribution in [1.82, 2.24) is 0 Å². The Balaban J connectivity index is 2.42. The Hall–Kier alpha value is -1.09. The summed E-state index contributed by atoms with van der Waals surface area (Å²) in [5.41, 5.74) is 6.90. The minimum atomic E-state index is -0.315. The van der Waals surface area contributed by atoms with Gasteiger partial charge in [-0.15, -0.1) is 0 Å². The van der Waals surface area contributed by atoms with E-state index >= 15 is 0 Å². The van der Waals surface area contributed by atoms with Crippen LogP contribution in [0.25, 0.3) is 0 Å². The highest BCUT2D eigenvalue weighted by molar-refractivity contribution is 5.44. The Bertz CT molecular complexity index is 389. The van der Waals surface area contributed by atoms with Crippen LogP contribution in [0.2, 0.25) is 0 Å². The van der Waals surface area contributed by atoms with Gasteiger partial charge in [0, 0.05) is 17.5 Å². The van der Waals surface area contributed by atoms with Crippen molar-refractivity contribution in [3.05, 3.63) is 29.6 Å². The van der Waals surface area contributed by atoms with Crippen LogP contribution in [0.1, 0.15) is 25.3 Å². The molecule has 1 aromatic carbocycles. The lowest BCUT2D eigenvalue weighted by Gasteiger charge is -2.09. The molecule has 1 fully saturated rings. The second kappa shape index (κ2) is 3.20. The molecule has 2 rings (SSSR count). The summed E-state index contributed by atoms with van der Waals surface area (Å²) < 4.78 is 18.5. The number of benzene rings is 1. The zero-order valence-corrected chi connectivity index (χ0v) is 9.25. The number of ether oxygens (including phenoxy) is 1. The van der Waals surface area contributed by atoms with Gasteiger partial charge in [-0.05, 0) is 11.5 Å². The van der Waals surface area contributed by atoms with Crippen molar-refractivity contribution >= 4 is 0 Å². The van der Waals surface area contributed by atoms with Crippen molar-refractivity contribution in [2.45, 2.75) is 25.8 Å². The molecule has 0 aromatic heterocycles. The predicted molar refractivity (Wildman–Crippen MR) is 57.4 cm³/mol. The summed E-state index contributed by atoms with van der Waals surface area (Å²) in [6.07, 6.45) is 0. The molecule has 0 saturated heterocycles. The summed E-state index contributed by atoms with van der Waals surface area (Å²) in [4.78, 5) is 0. The van der Waals surface area contributed by atoms with Crippen molar-refractivity contribution in [2.24, 2.45) is 11.1 Å². The summed E-state index contributed by atoms with van der Waals surface area (Å²) in [5, 5.41) is 0. The largest absolute Gasteiger partial charge is 0.493 e. The number of para-hydroxylation sites is 1. The molecule has 15 heavy (non-hydrogen) atoms. The molecule has 3 heteroatoms. The van der Waals surface area contributed by atoms with E-state index in [1.807, 2.05) is 6.07 Å². The maximum Gasteiger partial charge on any atom is 0.165 e. The van der Waals surface area contributed by atoms with Gasteiger partial charge < -0.3 is 10.5 Å². The van der Waals surface area contributed by atoms with Crippen molar-refractivity contribution < 1.29 is 9.13 Å². The lowest BCUT2D eigenvalue weighted by Crippen LogP contribution is -2.06. The summed E-state index contributed by atoms with van der Waals surface area (Å²) in [7, 11) is 1.49. The smallest absolute Gasteiger partial charge is 0.165 e. The van der Waals surface area contributed by atoms with Crippen LogP contribution in [0.5, 0.6) is 5.75 Å². The predicted octanol–water partition coefficient (Wildman–Crippen LogP) is 2.29. The topological polar surface area (TPSA) is 35.2 Å². The highest BCUT2D eigenvalue weighted by Gasteiger charge is 2.57. The van der Waals surface area contributed by atoms with Gasteiger partial charge in [0.15, 0.2) is 11.6 Å². The van der Waals surface area contributed by atoms with Crippen LogP contribution in [0.4, 0.5) is 4.39 Å². The SMILES string of the molecule is COc1c(F)cccc1[C@H]1[C@H](N)C1(C)C. The Kier molecular flexibility index (Phi) is 2.23. The van der Waals surface area contributed by atoms with E-state index in [4.69, 9.17) is 10.5 Å². The number of methoxy groups -OCH3 is 1. The first-order valence-corrected chi connectivity index (χ1v) is 5.08. The minimum absolute atomic E-state index is 0.0427. The summed E-state index contributed by atoms with van der Waals surface area (Å²) >= 11 is 0. The van der Waals surface area contributed by atoms with E-state index in [0.717, 1.165) is 5.56 Å². The molecule has 1 aliphatic carbocycles. The van der Waals surface area contributed by atoms with Gasteiger partial charge in [-0.2, -0.15) is 0 Å². The molecule has 2 nitrogen and oxygen atoms in total. The molecule has 82 valence electrons. The molecule has 1 saturated carbocycles. The van der Waals surface area contributed by atoms with Gasteiger partial charge in [-0.1, -0.05) is 26.0 Å². The molecule has 2 atom stereocenters. The van der Waals surface area contributed by atoms with E-state index in [9.17, 15) is 4.39 Å². The molecule has 2 N–H and O–H groups in total. The van der Waals surface area contributed by atoms with Crippen molar-refractivity contribution in [3.63, 3.8) is 0 Å². The Morgan fingerprint density at radius 3 is 2.47 bits per heavy atom. The lowest BCUT2D eigenvalue weighted by atomic mass is 10.0. The van der Waals surface area contributed by atoms with Crippen LogP contribution < -0.4 is 10.5 Å². The molecule has 0 unspecified atom stereocenters. The average Bonchev–Trinajstić information content (AvgIpc) is 2.66. The molecule has 0 spiro atoms. The number of rotatable bonds is 2. The first-order valence-electron chi connectivity index (χ1n) is 5.08. The van der Waals surface area contributed by atoms with E-state index in [2.05, 4.69) is 13.8 Å². The average molecular weight is 209 g/mol. The second-order valence-electron chi connectivity index (χ2n) is 4.69. The first-order chi connectivity index (χ1) is 7.00. The van der Waals surface area contributed by atoms with Crippen LogP contribution in [-0.4, -0.2) is 13.2 Å². The van der Waals surface area contributed by atoms with Gasteiger partial charge >= 0.3 is 0 Å². The maximum absolute atomic E-state index is 13.5. The quantitative estimate of drug-likeness (QED) is 0.811. The maximum atomic E-state index is 13.5. The molecule has 0 bridgehead atoms. The van der Waals surface area contributed by atoms with Crippen molar-refractivity contribution in [2.75, 3.05) is 7.11 Å². The third-order valence-corrected chi connectivity index (χ3v) is 3.45. The van der Waals surface area contributed by atoms with Gasteiger partial charge in [-0.3, -0.25) is 0 Å². The normalized spacial score (nSPS) is 27.5. The van der Waals surface area contributed by atoms with Gasteiger partial charge in [0.2, 0.25) is 0 Å². The minimum Gasteiger partial charge on any atom is -0.493 e. The van der Waals surface area contributed by atoms with Gasteiger partial charge in [0.25, 0.3) is 0 Å². The van der Waals surface area contributed by atoms with Crippen LogP contribution in [0.15, 0.2) is 18.2 Å². The number of hydrogen-bond donors (Lipinski definition) is 1. The number of nitrogens with two attached hydrogens (primary N) is 1. The summed E-state index contributed by atoms with van der Waals surface area (Å²) in [5.74, 6) is 0.219. The van der Waals surface area contributed by atoms with Gasteiger partial charge in [0.1, 0.15) is 0 Å². The first kappa shape index (κ1) is 10.4. The third-order valence-electron chi connectivity index (χ3n) is 3.45. The highest BCUT2D eigenvalue weighted by Crippen LogP contribution is 2.59. The van der Waals surface area contributed by atoms with Crippen LogP contribution in [0, 0.1) is 11.2 Å². The van der Waals surface area contributed by atoms with Gasteiger partial charge in [-0.25, -0.2) is 4.39 Å². The monoisotopic (exact) mass is 209 g/mol. The molecular formula is C12H16FNO. The van der Waals surface area contributed by atoms with E-state index in [0.29, 0.717) is 5.75 Å². The number of halogens is 1. The van der Waals surface area contributed by atoms with Crippen LogP contribution >= 0.6 is 0 Å². The molecule has 0 aliphatic heterocycles. The Morgan fingerprint density at radius 1 is 1.40 bits per heavy atom. The second-order valence-corrected chi connectivity index (χ2v) is 4.69. The van der Waals surface area contributed by atoms with Crippen LogP contribution in [-0.2, 0) is 0 Å². The Labute approximate surface area is 89.2 Å². The summed E-state index contributed by atoms with van der Waals surface area (Å²) in [6, 6.07) is 5.09. The van der Waals surface area contributed by atoms with Gasteiger partial charge in [0.05, 0.1) is 7.11 Å². The molecular weight excluding hydrogens is 193 g/mol. The van der Waals surface area contributed by atoms with E-state index in [1.54, 1.807) is 6.07 Å². The fourth-order valence-electron chi connectivity index (χ4n) is 2.26.